The van der Waals surface area contributed by atoms with Crippen LogP contribution in [0.4, 0.5) is 15.8 Å². The van der Waals surface area contributed by atoms with Crippen molar-refractivity contribution in [1.29, 1.82) is 0 Å². The lowest BCUT2D eigenvalue weighted by molar-refractivity contribution is 0.632. The van der Waals surface area contributed by atoms with Crippen molar-refractivity contribution < 1.29 is 4.39 Å². The average molecular weight is 231 g/mol. The molecule has 0 aliphatic heterocycles. The molecule has 1 atom stereocenters. The van der Waals surface area contributed by atoms with Crippen LogP contribution >= 0.6 is 0 Å². The largest absolute Gasteiger partial charge is 0.395 e. The van der Waals surface area contributed by atoms with Crippen molar-refractivity contribution in [3.63, 3.8) is 0 Å². The van der Waals surface area contributed by atoms with Gasteiger partial charge in [-0.1, -0.05) is 12.1 Å². The molecule has 4 heteroatoms. The number of halogens is 1. The van der Waals surface area contributed by atoms with E-state index >= 15 is 0 Å². The van der Waals surface area contributed by atoms with Crippen LogP contribution in [0.1, 0.15) is 18.5 Å². The van der Waals surface area contributed by atoms with E-state index in [1.165, 1.54) is 6.07 Å². The van der Waals surface area contributed by atoms with Crippen LogP contribution in [0.2, 0.25) is 0 Å². The zero-order valence-corrected chi connectivity index (χ0v) is 9.52. The van der Waals surface area contributed by atoms with Gasteiger partial charge in [0.15, 0.2) is 0 Å². The maximum absolute atomic E-state index is 13.3. The molecular formula is C13H14FN3. The van der Waals surface area contributed by atoms with Crippen molar-refractivity contribution in [2.24, 2.45) is 0 Å². The molecule has 2 aromatic rings. The summed E-state index contributed by atoms with van der Waals surface area (Å²) in [5.74, 6) is -0.409. The van der Waals surface area contributed by atoms with Gasteiger partial charge in [0.25, 0.3) is 0 Å². The Labute approximate surface area is 99.5 Å². The minimum absolute atomic E-state index is 0.0211. The zero-order chi connectivity index (χ0) is 12.3. The molecule has 0 saturated heterocycles. The molecule has 0 aliphatic rings. The number of nitrogens with zero attached hydrogens (tertiary/aromatic N) is 1. The predicted octanol–water partition coefficient (Wildman–Crippen LogP) is 2.98. The second-order valence-electron chi connectivity index (χ2n) is 3.85. The Bertz CT molecular complexity index is 499. The van der Waals surface area contributed by atoms with Gasteiger partial charge in [0.05, 0.1) is 17.4 Å². The summed E-state index contributed by atoms with van der Waals surface area (Å²) in [7, 11) is 0. The van der Waals surface area contributed by atoms with Gasteiger partial charge < -0.3 is 11.1 Å². The SMILES string of the molecule is CC(Nc1cccc(F)c1N)c1cccnc1. The lowest BCUT2D eigenvalue weighted by Crippen LogP contribution is -2.09. The summed E-state index contributed by atoms with van der Waals surface area (Å²) in [6, 6.07) is 8.57. The minimum Gasteiger partial charge on any atom is -0.395 e. The standard InChI is InChI=1S/C13H14FN3/c1-9(10-4-3-7-16-8-10)17-12-6-2-5-11(14)13(12)15/h2-9,17H,15H2,1H3. The van der Waals surface area contributed by atoms with Gasteiger partial charge in [0.1, 0.15) is 5.82 Å². The predicted molar refractivity (Wildman–Crippen MR) is 67.1 cm³/mol. The lowest BCUT2D eigenvalue weighted by atomic mass is 10.1. The quantitative estimate of drug-likeness (QED) is 0.798. The first-order valence-corrected chi connectivity index (χ1v) is 5.39. The molecule has 1 heterocycles. The average Bonchev–Trinajstić information content (AvgIpc) is 2.36. The first-order chi connectivity index (χ1) is 8.18. The summed E-state index contributed by atoms with van der Waals surface area (Å²) in [5, 5.41) is 3.16. The first-order valence-electron chi connectivity index (χ1n) is 5.39. The fourth-order valence-electron chi connectivity index (χ4n) is 1.61. The summed E-state index contributed by atoms with van der Waals surface area (Å²) in [6.07, 6.45) is 3.49. The molecule has 0 amide bonds. The lowest BCUT2D eigenvalue weighted by Gasteiger charge is -2.16. The van der Waals surface area contributed by atoms with Crippen molar-refractivity contribution in [1.82, 2.24) is 4.98 Å². The Morgan fingerprint density at radius 3 is 2.82 bits per heavy atom. The van der Waals surface area contributed by atoms with Crippen LogP contribution in [0, 0.1) is 5.82 Å². The van der Waals surface area contributed by atoms with E-state index in [2.05, 4.69) is 10.3 Å². The maximum Gasteiger partial charge on any atom is 0.148 e. The second-order valence-corrected chi connectivity index (χ2v) is 3.85. The fraction of sp³-hybridized carbons (Fsp3) is 0.154. The Hall–Kier alpha value is -2.10. The van der Waals surface area contributed by atoms with Crippen LogP contribution in [0.25, 0.3) is 0 Å². The Balaban J connectivity index is 2.19. The van der Waals surface area contributed by atoms with Crippen molar-refractivity contribution in [2.45, 2.75) is 13.0 Å². The first kappa shape index (κ1) is 11.4. The number of hydrogen-bond donors (Lipinski definition) is 2. The number of rotatable bonds is 3. The Morgan fingerprint density at radius 1 is 1.29 bits per heavy atom. The topological polar surface area (TPSA) is 50.9 Å². The minimum atomic E-state index is -0.409. The van der Waals surface area contributed by atoms with Gasteiger partial charge in [-0.2, -0.15) is 0 Å². The molecule has 1 aromatic carbocycles. The number of nitrogens with one attached hydrogen (secondary N) is 1. The zero-order valence-electron chi connectivity index (χ0n) is 9.52. The van der Waals surface area contributed by atoms with E-state index in [1.54, 1.807) is 24.5 Å². The van der Waals surface area contributed by atoms with Gasteiger partial charge in [-0.3, -0.25) is 4.98 Å². The molecule has 2 rings (SSSR count). The Morgan fingerprint density at radius 2 is 2.12 bits per heavy atom. The molecule has 0 spiro atoms. The van der Waals surface area contributed by atoms with E-state index in [4.69, 9.17) is 5.73 Å². The number of nitrogen functional groups attached to an aromatic ring is 1. The van der Waals surface area contributed by atoms with E-state index in [0.717, 1.165) is 5.56 Å². The number of aromatic nitrogens is 1. The number of para-hydroxylation sites is 1. The molecule has 88 valence electrons. The molecule has 0 aliphatic carbocycles. The molecule has 0 saturated carbocycles. The molecule has 3 N–H and O–H groups in total. The molecule has 1 unspecified atom stereocenters. The van der Waals surface area contributed by atoms with Gasteiger partial charge >= 0.3 is 0 Å². The van der Waals surface area contributed by atoms with Crippen LogP contribution in [-0.2, 0) is 0 Å². The van der Waals surface area contributed by atoms with E-state index in [9.17, 15) is 4.39 Å². The van der Waals surface area contributed by atoms with E-state index in [-0.39, 0.29) is 11.7 Å². The van der Waals surface area contributed by atoms with E-state index < -0.39 is 5.82 Å². The summed E-state index contributed by atoms with van der Waals surface area (Å²) in [5.41, 5.74) is 7.42. The third-order valence-corrected chi connectivity index (χ3v) is 2.61. The van der Waals surface area contributed by atoms with Gasteiger partial charge in [-0.05, 0) is 30.7 Å². The number of pyridine rings is 1. The molecule has 0 bridgehead atoms. The van der Waals surface area contributed by atoms with E-state index in [0.29, 0.717) is 5.69 Å². The van der Waals surface area contributed by atoms with Crippen LogP contribution in [0.3, 0.4) is 0 Å². The number of hydrogen-bond acceptors (Lipinski definition) is 3. The van der Waals surface area contributed by atoms with Gasteiger partial charge in [-0.15, -0.1) is 0 Å². The highest BCUT2D eigenvalue weighted by Crippen LogP contribution is 2.25. The van der Waals surface area contributed by atoms with Crippen LogP contribution in [0.5, 0.6) is 0 Å². The molecule has 0 fully saturated rings. The summed E-state index contributed by atoms with van der Waals surface area (Å²) in [6.45, 7) is 1.97. The molecular weight excluding hydrogens is 217 g/mol. The molecule has 0 radical (unpaired) electrons. The number of anilines is 2. The third-order valence-electron chi connectivity index (χ3n) is 2.61. The number of nitrogens with two attached hydrogens (primary N) is 1. The molecule has 1 aromatic heterocycles. The fourth-order valence-corrected chi connectivity index (χ4v) is 1.61. The van der Waals surface area contributed by atoms with Gasteiger partial charge in [0, 0.05) is 12.4 Å². The van der Waals surface area contributed by atoms with Crippen molar-refractivity contribution >= 4 is 11.4 Å². The maximum atomic E-state index is 13.3. The highest BCUT2D eigenvalue weighted by molar-refractivity contribution is 5.67. The smallest absolute Gasteiger partial charge is 0.148 e. The number of benzene rings is 1. The van der Waals surface area contributed by atoms with Crippen LogP contribution < -0.4 is 11.1 Å². The molecule has 17 heavy (non-hydrogen) atoms. The van der Waals surface area contributed by atoms with Crippen LogP contribution in [0.15, 0.2) is 42.7 Å². The van der Waals surface area contributed by atoms with Gasteiger partial charge in [0.2, 0.25) is 0 Å². The third kappa shape index (κ3) is 2.53. The van der Waals surface area contributed by atoms with Gasteiger partial charge in [-0.25, -0.2) is 4.39 Å². The van der Waals surface area contributed by atoms with Crippen molar-refractivity contribution in [2.75, 3.05) is 11.1 Å². The normalized spacial score (nSPS) is 12.1. The highest BCUT2D eigenvalue weighted by atomic mass is 19.1. The van der Waals surface area contributed by atoms with Crippen molar-refractivity contribution in [3.05, 3.63) is 54.1 Å². The monoisotopic (exact) mass is 231 g/mol. The molecule has 3 nitrogen and oxygen atoms in total. The van der Waals surface area contributed by atoms with E-state index in [1.807, 2.05) is 19.1 Å². The Kier molecular flexibility index (Phi) is 3.23. The summed E-state index contributed by atoms with van der Waals surface area (Å²) < 4.78 is 13.3. The second kappa shape index (κ2) is 4.82. The summed E-state index contributed by atoms with van der Waals surface area (Å²) in [4.78, 5) is 4.04. The highest BCUT2D eigenvalue weighted by Gasteiger charge is 2.09. The van der Waals surface area contributed by atoms with Crippen LogP contribution in [-0.4, -0.2) is 4.98 Å². The summed E-state index contributed by atoms with van der Waals surface area (Å²) >= 11 is 0. The van der Waals surface area contributed by atoms with Crippen molar-refractivity contribution in [3.8, 4) is 0 Å².